The van der Waals surface area contributed by atoms with E-state index in [1.807, 2.05) is 0 Å². The van der Waals surface area contributed by atoms with Gasteiger partial charge in [-0.05, 0) is 6.92 Å². The lowest BCUT2D eigenvalue weighted by Crippen LogP contribution is -2.17. The van der Waals surface area contributed by atoms with Crippen LogP contribution in [0, 0.1) is 0 Å². The lowest BCUT2D eigenvalue weighted by Gasteiger charge is -2.07. The molecule has 0 fully saturated rings. The normalized spacial score (nSPS) is 10.0. The first-order valence-electron chi connectivity index (χ1n) is 7.24. The van der Waals surface area contributed by atoms with Gasteiger partial charge in [-0.25, -0.2) is 9.59 Å². The summed E-state index contributed by atoms with van der Waals surface area (Å²) in [5.41, 5.74) is 0.320. The average Bonchev–Trinajstić information content (AvgIpc) is 2.53. The Kier molecular flexibility index (Phi) is 12.0. The van der Waals surface area contributed by atoms with Crippen LogP contribution < -0.4 is 0 Å². The zero-order valence-corrected chi connectivity index (χ0v) is 13.6. The minimum absolute atomic E-state index is 0.00365. The number of hydrogen-bond donors (Lipinski definition) is 1. The van der Waals surface area contributed by atoms with Crippen LogP contribution in [-0.4, -0.2) is 68.4 Å². The number of aliphatic carboxylic acids is 1. The van der Waals surface area contributed by atoms with E-state index in [1.54, 1.807) is 6.92 Å². The summed E-state index contributed by atoms with van der Waals surface area (Å²) in [6.45, 7) is 6.03. The molecule has 0 aromatic rings. The number of hydrogen-bond acceptors (Lipinski definition) is 8. The van der Waals surface area contributed by atoms with Gasteiger partial charge >= 0.3 is 17.9 Å². The molecule has 0 aliphatic rings. The summed E-state index contributed by atoms with van der Waals surface area (Å²) in [6.07, 6.45) is -0.671. The Hall–Kier alpha value is -2.26. The van der Waals surface area contributed by atoms with E-state index in [4.69, 9.17) is 24.1 Å². The molecule has 0 radical (unpaired) electrons. The highest BCUT2D eigenvalue weighted by Crippen LogP contribution is 1.95. The number of carbonyl (C=O) groups excluding carboxylic acids is 3. The zero-order chi connectivity index (χ0) is 18.4. The highest BCUT2D eigenvalue weighted by atomic mass is 16.6. The largest absolute Gasteiger partial charge is 0.476 e. The number of rotatable bonds is 14. The molecule has 9 heteroatoms. The molecule has 0 saturated carbocycles. The molecule has 1 N–H and O–H groups in total. The standard InChI is InChI=1S/C15H22O9/c1-11(2)15(20)24-10-8-22-6-5-21-7-9-23-13(17)4-3-12(16)14(18)19/h1,3-10H2,2H3,(H,18,19). The lowest BCUT2D eigenvalue weighted by molar-refractivity contribution is -0.151. The first kappa shape index (κ1) is 21.7. The Morgan fingerprint density at radius 3 is 1.83 bits per heavy atom. The Morgan fingerprint density at radius 1 is 0.833 bits per heavy atom. The summed E-state index contributed by atoms with van der Waals surface area (Å²) >= 11 is 0. The van der Waals surface area contributed by atoms with Gasteiger partial charge in [-0.15, -0.1) is 0 Å². The van der Waals surface area contributed by atoms with Crippen LogP contribution in [0.1, 0.15) is 19.8 Å². The number of carboxylic acid groups (broad SMARTS) is 1. The number of ketones is 1. The molecule has 0 aliphatic carbocycles. The van der Waals surface area contributed by atoms with Crippen molar-refractivity contribution in [2.45, 2.75) is 19.8 Å². The number of ether oxygens (including phenoxy) is 4. The van der Waals surface area contributed by atoms with Gasteiger partial charge in [0, 0.05) is 12.0 Å². The van der Waals surface area contributed by atoms with Crippen molar-refractivity contribution < 1.29 is 43.2 Å². The fourth-order valence-electron chi connectivity index (χ4n) is 1.25. The van der Waals surface area contributed by atoms with Crippen LogP contribution in [0.15, 0.2) is 12.2 Å². The van der Waals surface area contributed by atoms with Crippen LogP contribution in [0.3, 0.4) is 0 Å². The van der Waals surface area contributed by atoms with Crippen molar-refractivity contribution in [3.05, 3.63) is 12.2 Å². The Morgan fingerprint density at radius 2 is 1.33 bits per heavy atom. The third-order valence-electron chi connectivity index (χ3n) is 2.47. The van der Waals surface area contributed by atoms with Gasteiger partial charge in [0.05, 0.1) is 32.8 Å². The van der Waals surface area contributed by atoms with Gasteiger partial charge in [-0.2, -0.15) is 0 Å². The second kappa shape index (κ2) is 13.2. The molecule has 0 bridgehead atoms. The summed E-state index contributed by atoms with van der Waals surface area (Å²) in [5.74, 6) is -3.74. The molecule has 0 atom stereocenters. The molecule has 0 saturated heterocycles. The second-order valence-electron chi connectivity index (χ2n) is 4.59. The molecular weight excluding hydrogens is 324 g/mol. The topological polar surface area (TPSA) is 125 Å². The van der Waals surface area contributed by atoms with E-state index < -0.39 is 30.1 Å². The van der Waals surface area contributed by atoms with Gasteiger partial charge in [-0.1, -0.05) is 6.58 Å². The van der Waals surface area contributed by atoms with Crippen molar-refractivity contribution in [3.63, 3.8) is 0 Å². The summed E-state index contributed by atoms with van der Waals surface area (Å²) in [4.78, 5) is 43.2. The summed E-state index contributed by atoms with van der Waals surface area (Å²) in [7, 11) is 0. The maximum absolute atomic E-state index is 11.2. The SMILES string of the molecule is C=C(C)C(=O)OCCOCCOCCOC(=O)CCC(=O)C(=O)O. The average molecular weight is 346 g/mol. The van der Waals surface area contributed by atoms with E-state index >= 15 is 0 Å². The van der Waals surface area contributed by atoms with E-state index in [-0.39, 0.29) is 46.1 Å². The second-order valence-corrected chi connectivity index (χ2v) is 4.59. The van der Waals surface area contributed by atoms with E-state index in [9.17, 15) is 19.2 Å². The predicted octanol–water partition coefficient (Wildman–Crippen LogP) is 0.116. The maximum Gasteiger partial charge on any atom is 0.372 e. The van der Waals surface area contributed by atoms with E-state index in [2.05, 4.69) is 6.58 Å². The molecule has 0 aromatic heterocycles. The minimum atomic E-state index is -1.57. The quantitative estimate of drug-likeness (QED) is 0.202. The highest BCUT2D eigenvalue weighted by molar-refractivity contribution is 6.32. The summed E-state index contributed by atoms with van der Waals surface area (Å²) < 4.78 is 19.8. The molecule has 0 aliphatic heterocycles. The monoisotopic (exact) mass is 346 g/mol. The van der Waals surface area contributed by atoms with Gasteiger partial charge in [0.15, 0.2) is 0 Å². The molecule has 0 amide bonds. The van der Waals surface area contributed by atoms with Crippen molar-refractivity contribution in [2.75, 3.05) is 39.6 Å². The lowest BCUT2D eigenvalue weighted by atomic mass is 10.2. The van der Waals surface area contributed by atoms with Crippen molar-refractivity contribution in [3.8, 4) is 0 Å². The predicted molar refractivity (Wildman–Crippen MR) is 80.2 cm³/mol. The van der Waals surface area contributed by atoms with Crippen LogP contribution in [-0.2, 0) is 38.1 Å². The number of Topliss-reactive ketones (excluding diaryl/α,β-unsaturated/α-hetero) is 1. The van der Waals surface area contributed by atoms with Crippen LogP contribution >= 0.6 is 0 Å². The van der Waals surface area contributed by atoms with Crippen molar-refractivity contribution in [2.24, 2.45) is 0 Å². The molecular formula is C15H22O9. The van der Waals surface area contributed by atoms with Crippen LogP contribution in [0.4, 0.5) is 0 Å². The fraction of sp³-hybridized carbons (Fsp3) is 0.600. The Bertz CT molecular complexity index is 456. The fourth-order valence-corrected chi connectivity index (χ4v) is 1.25. The first-order valence-corrected chi connectivity index (χ1v) is 7.24. The Balaban J connectivity index is 3.37. The van der Waals surface area contributed by atoms with Crippen molar-refractivity contribution in [1.82, 2.24) is 0 Å². The van der Waals surface area contributed by atoms with Crippen molar-refractivity contribution >= 4 is 23.7 Å². The highest BCUT2D eigenvalue weighted by Gasteiger charge is 2.14. The third kappa shape index (κ3) is 12.3. The van der Waals surface area contributed by atoms with Crippen LogP contribution in [0.5, 0.6) is 0 Å². The molecule has 0 heterocycles. The van der Waals surface area contributed by atoms with E-state index in [0.717, 1.165) is 0 Å². The maximum atomic E-state index is 11.2. The first-order chi connectivity index (χ1) is 11.3. The van der Waals surface area contributed by atoms with Crippen molar-refractivity contribution in [1.29, 1.82) is 0 Å². The molecule has 136 valence electrons. The number of carbonyl (C=O) groups is 4. The molecule has 24 heavy (non-hydrogen) atoms. The molecule has 0 unspecified atom stereocenters. The summed E-state index contributed by atoms with van der Waals surface area (Å²) in [6, 6.07) is 0. The van der Waals surface area contributed by atoms with Gasteiger partial charge in [-0.3, -0.25) is 9.59 Å². The summed E-state index contributed by atoms with van der Waals surface area (Å²) in [5, 5.41) is 8.33. The third-order valence-corrected chi connectivity index (χ3v) is 2.47. The van der Waals surface area contributed by atoms with Crippen LogP contribution in [0.2, 0.25) is 0 Å². The smallest absolute Gasteiger partial charge is 0.372 e. The molecule has 0 rings (SSSR count). The minimum Gasteiger partial charge on any atom is -0.476 e. The molecule has 0 spiro atoms. The molecule has 0 aromatic carbocycles. The zero-order valence-electron chi connectivity index (χ0n) is 13.6. The molecule has 9 nitrogen and oxygen atoms in total. The Labute approximate surface area is 139 Å². The van der Waals surface area contributed by atoms with E-state index in [1.165, 1.54) is 0 Å². The van der Waals surface area contributed by atoms with Gasteiger partial charge < -0.3 is 24.1 Å². The number of carboxylic acids is 1. The van der Waals surface area contributed by atoms with Gasteiger partial charge in [0.1, 0.15) is 13.2 Å². The number of esters is 2. The van der Waals surface area contributed by atoms with Gasteiger partial charge in [0.2, 0.25) is 5.78 Å². The van der Waals surface area contributed by atoms with E-state index in [0.29, 0.717) is 5.57 Å². The van der Waals surface area contributed by atoms with Gasteiger partial charge in [0.25, 0.3) is 0 Å². The van der Waals surface area contributed by atoms with Crippen LogP contribution in [0.25, 0.3) is 0 Å².